The number of fused-ring (bicyclic) bond motifs is 1. The Morgan fingerprint density at radius 2 is 1.82 bits per heavy atom. The van der Waals surface area contributed by atoms with Gasteiger partial charge in [0.2, 0.25) is 5.88 Å². The van der Waals surface area contributed by atoms with Crippen molar-refractivity contribution in [2.45, 2.75) is 25.3 Å². The molecule has 0 radical (unpaired) electrons. The van der Waals surface area contributed by atoms with Crippen LogP contribution in [-0.4, -0.2) is 23.0 Å². The molecule has 1 atom stereocenters. The molecule has 4 aromatic rings. The third-order valence-electron chi connectivity index (χ3n) is 5.95. The maximum Gasteiger partial charge on any atom is 0.251 e. The molecule has 34 heavy (non-hydrogen) atoms. The quantitative estimate of drug-likeness (QED) is 0.404. The first-order chi connectivity index (χ1) is 16.7. The molecule has 3 aromatic carbocycles. The standard InChI is InChI=1S/C28H25N3O3/c1-33-22-11-6-12-23(18-22)34-26-15-16-29-27(31-26)20-9-4-10-21(17-20)28(32)30-25-14-5-8-19-7-2-3-13-24(19)25/h2-4,6-7,9-13,15-18,25H,5,8,14H2,1H3,(H,30,32). The summed E-state index contributed by atoms with van der Waals surface area (Å²) in [6.07, 6.45) is 4.71. The largest absolute Gasteiger partial charge is 0.497 e. The van der Waals surface area contributed by atoms with Crippen molar-refractivity contribution in [1.82, 2.24) is 15.3 Å². The average Bonchev–Trinajstić information content (AvgIpc) is 2.89. The number of methoxy groups -OCH3 is 1. The van der Waals surface area contributed by atoms with Gasteiger partial charge in [-0.05, 0) is 54.7 Å². The molecule has 0 aliphatic heterocycles. The number of amides is 1. The lowest BCUT2D eigenvalue weighted by Gasteiger charge is -2.26. The van der Waals surface area contributed by atoms with Crippen LogP contribution < -0.4 is 14.8 Å². The van der Waals surface area contributed by atoms with Crippen molar-refractivity contribution in [3.63, 3.8) is 0 Å². The van der Waals surface area contributed by atoms with E-state index in [1.807, 2.05) is 48.5 Å². The maximum absolute atomic E-state index is 13.1. The van der Waals surface area contributed by atoms with Gasteiger partial charge in [-0.15, -0.1) is 0 Å². The number of benzene rings is 3. The lowest BCUT2D eigenvalue weighted by Crippen LogP contribution is -2.30. The molecule has 1 aromatic heterocycles. The fourth-order valence-electron chi connectivity index (χ4n) is 4.27. The molecule has 0 fully saturated rings. The molecule has 0 saturated heterocycles. The number of hydrogen-bond donors (Lipinski definition) is 1. The molecular formula is C28H25N3O3. The van der Waals surface area contributed by atoms with Gasteiger partial charge in [-0.3, -0.25) is 4.79 Å². The summed E-state index contributed by atoms with van der Waals surface area (Å²) in [6.45, 7) is 0. The molecule has 1 aliphatic rings. The number of nitrogens with one attached hydrogen (secondary N) is 1. The average molecular weight is 452 g/mol. The van der Waals surface area contributed by atoms with Crippen molar-refractivity contribution in [1.29, 1.82) is 0 Å². The summed E-state index contributed by atoms with van der Waals surface area (Å²) in [6, 6.07) is 24.7. The van der Waals surface area contributed by atoms with Crippen LogP contribution in [0.1, 0.15) is 40.4 Å². The summed E-state index contributed by atoms with van der Waals surface area (Å²) >= 11 is 0. The minimum absolute atomic E-state index is 0.0250. The molecule has 5 rings (SSSR count). The molecule has 0 bridgehead atoms. The van der Waals surface area contributed by atoms with Gasteiger partial charge in [0.05, 0.1) is 13.2 Å². The number of ether oxygens (including phenoxy) is 2. The summed E-state index contributed by atoms with van der Waals surface area (Å²) in [7, 11) is 1.61. The van der Waals surface area contributed by atoms with Gasteiger partial charge in [0.15, 0.2) is 5.82 Å². The van der Waals surface area contributed by atoms with E-state index in [0.717, 1.165) is 24.8 Å². The van der Waals surface area contributed by atoms with Crippen LogP contribution in [-0.2, 0) is 6.42 Å². The van der Waals surface area contributed by atoms with Crippen LogP contribution >= 0.6 is 0 Å². The van der Waals surface area contributed by atoms with E-state index in [1.54, 1.807) is 25.4 Å². The van der Waals surface area contributed by atoms with Crippen molar-refractivity contribution in [3.05, 3.63) is 102 Å². The zero-order chi connectivity index (χ0) is 23.3. The van der Waals surface area contributed by atoms with E-state index in [4.69, 9.17) is 9.47 Å². The second kappa shape index (κ2) is 9.75. The highest BCUT2D eigenvalue weighted by Gasteiger charge is 2.22. The number of carbonyl (C=O) groups excluding carboxylic acids is 1. The van der Waals surface area contributed by atoms with Gasteiger partial charge < -0.3 is 14.8 Å². The Balaban J connectivity index is 1.34. The highest BCUT2D eigenvalue weighted by Crippen LogP contribution is 2.30. The van der Waals surface area contributed by atoms with Crippen LogP contribution in [0.4, 0.5) is 0 Å². The highest BCUT2D eigenvalue weighted by molar-refractivity contribution is 5.95. The molecule has 1 unspecified atom stereocenters. The summed E-state index contributed by atoms with van der Waals surface area (Å²) in [5.74, 6) is 2.10. The monoisotopic (exact) mass is 451 g/mol. The Morgan fingerprint density at radius 1 is 0.971 bits per heavy atom. The molecule has 1 amide bonds. The molecule has 1 aliphatic carbocycles. The fraction of sp³-hybridized carbons (Fsp3) is 0.179. The van der Waals surface area contributed by atoms with Crippen molar-refractivity contribution in [2.24, 2.45) is 0 Å². The molecule has 6 nitrogen and oxygen atoms in total. The molecule has 1 heterocycles. The molecule has 6 heteroatoms. The first-order valence-electron chi connectivity index (χ1n) is 11.3. The van der Waals surface area contributed by atoms with Gasteiger partial charge in [-0.1, -0.05) is 42.5 Å². The van der Waals surface area contributed by atoms with Gasteiger partial charge in [-0.2, -0.15) is 4.98 Å². The second-order valence-corrected chi connectivity index (χ2v) is 8.20. The fourth-order valence-corrected chi connectivity index (χ4v) is 4.27. The van der Waals surface area contributed by atoms with Crippen molar-refractivity contribution >= 4 is 5.91 Å². The molecule has 0 saturated carbocycles. The van der Waals surface area contributed by atoms with E-state index in [2.05, 4.69) is 33.5 Å². The van der Waals surface area contributed by atoms with E-state index < -0.39 is 0 Å². The van der Waals surface area contributed by atoms with E-state index in [0.29, 0.717) is 28.8 Å². The lowest BCUT2D eigenvalue weighted by atomic mass is 9.87. The van der Waals surface area contributed by atoms with E-state index in [1.165, 1.54) is 11.1 Å². The third kappa shape index (κ3) is 4.76. The molecular weight excluding hydrogens is 426 g/mol. The molecule has 0 spiro atoms. The zero-order valence-corrected chi connectivity index (χ0v) is 18.9. The number of aryl methyl sites for hydroxylation is 1. The minimum atomic E-state index is -0.104. The first-order valence-corrected chi connectivity index (χ1v) is 11.3. The molecule has 1 N–H and O–H groups in total. The van der Waals surface area contributed by atoms with Crippen molar-refractivity contribution < 1.29 is 14.3 Å². The summed E-state index contributed by atoms with van der Waals surface area (Å²) in [5.41, 5.74) is 3.84. The number of hydrogen-bond acceptors (Lipinski definition) is 5. The van der Waals surface area contributed by atoms with Gasteiger partial charge >= 0.3 is 0 Å². The number of aromatic nitrogens is 2. The SMILES string of the molecule is COc1cccc(Oc2ccnc(-c3cccc(C(=O)NC4CCCc5ccccc54)c3)n2)c1. The van der Waals surface area contributed by atoms with Crippen LogP contribution in [0.5, 0.6) is 17.4 Å². The highest BCUT2D eigenvalue weighted by atomic mass is 16.5. The Kier molecular flexibility index (Phi) is 6.21. The minimum Gasteiger partial charge on any atom is -0.497 e. The Hall–Kier alpha value is -4.19. The number of carbonyl (C=O) groups is 1. The summed E-state index contributed by atoms with van der Waals surface area (Å²) in [4.78, 5) is 22.0. The van der Waals surface area contributed by atoms with E-state index in [9.17, 15) is 4.79 Å². The number of nitrogens with zero attached hydrogens (tertiary/aromatic N) is 2. The topological polar surface area (TPSA) is 73.3 Å². The first kappa shape index (κ1) is 21.6. The molecule has 170 valence electrons. The lowest BCUT2D eigenvalue weighted by molar-refractivity contribution is 0.0933. The van der Waals surface area contributed by atoms with Gasteiger partial charge in [0.25, 0.3) is 5.91 Å². The van der Waals surface area contributed by atoms with Crippen molar-refractivity contribution in [3.8, 4) is 28.8 Å². The second-order valence-electron chi connectivity index (χ2n) is 8.20. The van der Waals surface area contributed by atoms with Crippen LogP contribution in [0, 0.1) is 0 Å². The Labute approximate surface area is 198 Å². The van der Waals surface area contributed by atoms with E-state index >= 15 is 0 Å². The third-order valence-corrected chi connectivity index (χ3v) is 5.95. The smallest absolute Gasteiger partial charge is 0.251 e. The van der Waals surface area contributed by atoms with Gasteiger partial charge in [0, 0.05) is 29.5 Å². The summed E-state index contributed by atoms with van der Waals surface area (Å²) in [5, 5.41) is 3.21. The predicted molar refractivity (Wildman–Crippen MR) is 130 cm³/mol. The predicted octanol–water partition coefficient (Wildman–Crippen LogP) is 5.75. The van der Waals surface area contributed by atoms with Crippen LogP contribution in [0.3, 0.4) is 0 Å². The van der Waals surface area contributed by atoms with Crippen LogP contribution in [0.2, 0.25) is 0 Å². The summed E-state index contributed by atoms with van der Waals surface area (Å²) < 4.78 is 11.1. The van der Waals surface area contributed by atoms with Crippen molar-refractivity contribution in [2.75, 3.05) is 7.11 Å². The van der Waals surface area contributed by atoms with Gasteiger partial charge in [0.1, 0.15) is 11.5 Å². The Bertz CT molecular complexity index is 1320. The zero-order valence-electron chi connectivity index (χ0n) is 18.9. The maximum atomic E-state index is 13.1. The normalized spacial score (nSPS) is 14.7. The van der Waals surface area contributed by atoms with Gasteiger partial charge in [-0.25, -0.2) is 4.98 Å². The van der Waals surface area contributed by atoms with E-state index in [-0.39, 0.29) is 11.9 Å². The van der Waals surface area contributed by atoms with Crippen LogP contribution in [0.15, 0.2) is 85.1 Å². The Morgan fingerprint density at radius 3 is 2.74 bits per heavy atom. The number of rotatable bonds is 6. The van der Waals surface area contributed by atoms with Crippen LogP contribution in [0.25, 0.3) is 11.4 Å².